The number of carboxylic acid groups (broad SMARTS) is 1. The van der Waals surface area contributed by atoms with Crippen molar-refractivity contribution in [3.8, 4) is 0 Å². The maximum absolute atomic E-state index is 11.2. The highest BCUT2D eigenvalue weighted by molar-refractivity contribution is 9.11. The van der Waals surface area contributed by atoms with Crippen LogP contribution in [0.5, 0.6) is 0 Å². The largest absolute Gasteiger partial charge is 0.481 e. The summed E-state index contributed by atoms with van der Waals surface area (Å²) in [5.41, 5.74) is -0.482. The number of halogens is 1. The van der Waals surface area contributed by atoms with Gasteiger partial charge in [-0.3, -0.25) is 9.69 Å². The van der Waals surface area contributed by atoms with Gasteiger partial charge in [0.2, 0.25) is 0 Å². The van der Waals surface area contributed by atoms with E-state index in [0.717, 1.165) is 43.4 Å². The summed E-state index contributed by atoms with van der Waals surface area (Å²) < 4.78 is 0.960. The molecule has 0 aromatic heterocycles. The van der Waals surface area contributed by atoms with Crippen LogP contribution in [0.3, 0.4) is 0 Å². The van der Waals surface area contributed by atoms with Crippen molar-refractivity contribution in [3.05, 3.63) is 11.1 Å². The van der Waals surface area contributed by atoms with Crippen LogP contribution >= 0.6 is 15.9 Å². The monoisotopic (exact) mass is 275 g/mol. The Morgan fingerprint density at radius 3 is 2.40 bits per heavy atom. The predicted octanol–water partition coefficient (Wildman–Crippen LogP) is 2.47. The fraction of sp³-hybridized carbons (Fsp3) is 0.727. The van der Waals surface area contributed by atoms with Gasteiger partial charge in [-0.1, -0.05) is 29.4 Å². The van der Waals surface area contributed by atoms with Crippen molar-refractivity contribution in [1.29, 1.82) is 0 Å². The lowest BCUT2D eigenvalue weighted by atomic mass is 9.76. The molecule has 1 heterocycles. The number of hydrogen-bond donors (Lipinski definition) is 1. The second-order valence-electron chi connectivity index (χ2n) is 4.23. The van der Waals surface area contributed by atoms with E-state index < -0.39 is 11.4 Å². The van der Waals surface area contributed by atoms with Crippen molar-refractivity contribution in [3.63, 3.8) is 0 Å². The molecule has 3 nitrogen and oxygen atoms in total. The van der Waals surface area contributed by atoms with E-state index in [1.807, 2.05) is 6.92 Å². The highest BCUT2D eigenvalue weighted by Gasteiger charge is 2.39. The molecule has 1 saturated heterocycles. The molecule has 4 heteroatoms. The van der Waals surface area contributed by atoms with E-state index >= 15 is 0 Å². The Labute approximate surface area is 99.3 Å². The molecule has 0 bridgehead atoms. The van der Waals surface area contributed by atoms with Gasteiger partial charge in [0.1, 0.15) is 0 Å². The van der Waals surface area contributed by atoms with Gasteiger partial charge in [0, 0.05) is 11.0 Å². The van der Waals surface area contributed by atoms with Crippen LogP contribution in [0.15, 0.2) is 11.1 Å². The van der Waals surface area contributed by atoms with Gasteiger partial charge < -0.3 is 5.11 Å². The molecule has 0 radical (unpaired) electrons. The summed E-state index contributed by atoms with van der Waals surface area (Å²) in [5, 5.41) is 9.21. The molecule has 0 spiro atoms. The van der Waals surface area contributed by atoms with Crippen LogP contribution in [0.4, 0.5) is 0 Å². The normalized spacial score (nSPS) is 21.2. The third kappa shape index (κ3) is 3.05. The van der Waals surface area contributed by atoms with Gasteiger partial charge in [0.15, 0.2) is 0 Å². The van der Waals surface area contributed by atoms with Gasteiger partial charge in [-0.15, -0.1) is 0 Å². The van der Waals surface area contributed by atoms with Crippen molar-refractivity contribution in [2.45, 2.75) is 26.2 Å². The van der Waals surface area contributed by atoms with Gasteiger partial charge in [0.25, 0.3) is 0 Å². The molecular weight excluding hydrogens is 258 g/mol. The first-order chi connectivity index (χ1) is 7.00. The number of hydrogen-bond acceptors (Lipinski definition) is 2. The van der Waals surface area contributed by atoms with Gasteiger partial charge in [0.05, 0.1) is 5.41 Å². The molecule has 0 unspecified atom stereocenters. The van der Waals surface area contributed by atoms with E-state index in [9.17, 15) is 9.90 Å². The standard InChI is InChI=1S/C11H18BrNO2/c1-3-11(10(14)15)4-6-13(7-5-11)8-9(2)12/h2-8H2,1H3,(H,14,15). The first-order valence-electron chi connectivity index (χ1n) is 5.29. The van der Waals surface area contributed by atoms with Crippen LogP contribution in [-0.4, -0.2) is 35.6 Å². The van der Waals surface area contributed by atoms with Crippen LogP contribution in [0.25, 0.3) is 0 Å². The fourth-order valence-corrected chi connectivity index (χ4v) is 2.46. The maximum atomic E-state index is 11.2. The van der Waals surface area contributed by atoms with Crippen molar-refractivity contribution in [2.24, 2.45) is 5.41 Å². The molecule has 0 aromatic rings. The average Bonchev–Trinajstić information content (AvgIpc) is 2.18. The second kappa shape index (κ2) is 5.12. The van der Waals surface area contributed by atoms with Gasteiger partial charge >= 0.3 is 5.97 Å². The number of piperidine rings is 1. The molecule has 0 amide bonds. The molecule has 0 aliphatic carbocycles. The van der Waals surface area contributed by atoms with E-state index in [2.05, 4.69) is 27.4 Å². The third-order valence-corrected chi connectivity index (χ3v) is 3.59. The topological polar surface area (TPSA) is 40.5 Å². The molecule has 15 heavy (non-hydrogen) atoms. The van der Waals surface area contributed by atoms with Gasteiger partial charge in [-0.05, 0) is 32.4 Å². The Hall–Kier alpha value is -0.350. The van der Waals surface area contributed by atoms with Crippen molar-refractivity contribution in [1.82, 2.24) is 4.90 Å². The zero-order chi connectivity index (χ0) is 11.5. The van der Waals surface area contributed by atoms with E-state index in [4.69, 9.17) is 0 Å². The smallest absolute Gasteiger partial charge is 0.309 e. The minimum Gasteiger partial charge on any atom is -0.481 e. The van der Waals surface area contributed by atoms with Crippen molar-refractivity contribution < 1.29 is 9.90 Å². The molecule has 1 rings (SSSR count). The minimum atomic E-state index is -0.637. The lowest BCUT2D eigenvalue weighted by Gasteiger charge is -2.38. The van der Waals surface area contributed by atoms with Crippen LogP contribution in [0, 0.1) is 5.41 Å². The number of rotatable bonds is 4. The Bertz CT molecular complexity index is 257. The Kier molecular flexibility index (Phi) is 4.34. The lowest BCUT2D eigenvalue weighted by molar-refractivity contribution is -0.152. The summed E-state index contributed by atoms with van der Waals surface area (Å²) in [6, 6.07) is 0. The fourth-order valence-electron chi connectivity index (χ4n) is 2.10. The molecule has 1 fully saturated rings. The van der Waals surface area contributed by atoms with E-state index in [0.29, 0.717) is 0 Å². The minimum absolute atomic E-state index is 0.482. The van der Waals surface area contributed by atoms with Crippen LogP contribution in [0.2, 0.25) is 0 Å². The van der Waals surface area contributed by atoms with Crippen molar-refractivity contribution in [2.75, 3.05) is 19.6 Å². The van der Waals surface area contributed by atoms with Crippen LogP contribution in [0.1, 0.15) is 26.2 Å². The number of carboxylic acids is 1. The van der Waals surface area contributed by atoms with Gasteiger partial charge in [-0.25, -0.2) is 0 Å². The van der Waals surface area contributed by atoms with E-state index in [1.54, 1.807) is 0 Å². The molecule has 1 N–H and O–H groups in total. The summed E-state index contributed by atoms with van der Waals surface area (Å²) in [5.74, 6) is -0.637. The zero-order valence-electron chi connectivity index (χ0n) is 9.13. The summed E-state index contributed by atoms with van der Waals surface area (Å²) in [6.07, 6.45) is 2.23. The van der Waals surface area contributed by atoms with Crippen LogP contribution in [-0.2, 0) is 4.79 Å². The van der Waals surface area contributed by atoms with E-state index in [-0.39, 0.29) is 0 Å². The Morgan fingerprint density at radius 1 is 1.53 bits per heavy atom. The molecule has 1 aliphatic heterocycles. The Balaban J connectivity index is 2.53. The van der Waals surface area contributed by atoms with E-state index in [1.165, 1.54) is 0 Å². The zero-order valence-corrected chi connectivity index (χ0v) is 10.7. The molecule has 86 valence electrons. The quantitative estimate of drug-likeness (QED) is 0.857. The maximum Gasteiger partial charge on any atom is 0.309 e. The average molecular weight is 276 g/mol. The molecule has 0 saturated carbocycles. The lowest BCUT2D eigenvalue weighted by Crippen LogP contribution is -2.44. The highest BCUT2D eigenvalue weighted by Crippen LogP contribution is 2.35. The Morgan fingerprint density at radius 2 is 2.07 bits per heavy atom. The highest BCUT2D eigenvalue weighted by atomic mass is 79.9. The number of nitrogens with zero attached hydrogens (tertiary/aromatic N) is 1. The summed E-state index contributed by atoms with van der Waals surface area (Å²) in [7, 11) is 0. The summed E-state index contributed by atoms with van der Waals surface area (Å²) in [4.78, 5) is 13.4. The first kappa shape index (κ1) is 12.7. The predicted molar refractivity (Wildman–Crippen MR) is 64.1 cm³/mol. The molecular formula is C11H18BrNO2. The number of carbonyl (C=O) groups is 1. The summed E-state index contributed by atoms with van der Waals surface area (Å²) >= 11 is 3.33. The summed E-state index contributed by atoms with van der Waals surface area (Å²) in [6.45, 7) is 8.29. The SMILES string of the molecule is C=C(Br)CN1CCC(CC)(C(=O)O)CC1. The third-order valence-electron chi connectivity index (χ3n) is 3.34. The number of aliphatic carboxylic acids is 1. The van der Waals surface area contributed by atoms with Gasteiger partial charge in [-0.2, -0.15) is 0 Å². The molecule has 1 aliphatic rings. The number of likely N-dealkylation sites (tertiary alicyclic amines) is 1. The van der Waals surface area contributed by atoms with Crippen molar-refractivity contribution >= 4 is 21.9 Å². The molecule has 0 atom stereocenters. The molecule has 0 aromatic carbocycles. The first-order valence-corrected chi connectivity index (χ1v) is 6.08. The van der Waals surface area contributed by atoms with Crippen LogP contribution < -0.4 is 0 Å². The second-order valence-corrected chi connectivity index (χ2v) is 5.35.